The van der Waals surface area contributed by atoms with Crippen LogP contribution in [0.5, 0.6) is 5.75 Å². The third-order valence-corrected chi connectivity index (χ3v) is 4.84. The van der Waals surface area contributed by atoms with E-state index in [0.29, 0.717) is 27.1 Å². The molecule has 1 aromatic heterocycles. The van der Waals surface area contributed by atoms with Gasteiger partial charge in [-0.1, -0.05) is 15.9 Å². The number of benzene rings is 1. The molecule has 0 spiro atoms. The average Bonchev–Trinajstić information content (AvgIpc) is 2.43. The topological polar surface area (TPSA) is 68.3 Å². The van der Waals surface area contributed by atoms with Gasteiger partial charge < -0.3 is 4.74 Å². The van der Waals surface area contributed by atoms with Gasteiger partial charge >= 0.3 is 0 Å². The predicted octanol–water partition coefficient (Wildman–Crippen LogP) is 3.81. The summed E-state index contributed by atoms with van der Waals surface area (Å²) >= 11 is 6.47. The van der Waals surface area contributed by atoms with Gasteiger partial charge in [-0.15, -0.1) is 0 Å². The summed E-state index contributed by atoms with van der Waals surface area (Å²) in [6.45, 7) is 2.18. The largest absolute Gasteiger partial charge is 0.492 e. The number of rotatable bonds is 5. The minimum Gasteiger partial charge on any atom is -0.492 e. The Labute approximate surface area is 140 Å². The molecule has 0 aliphatic carbocycles. The highest BCUT2D eigenvalue weighted by Gasteiger charge is 2.20. The van der Waals surface area contributed by atoms with E-state index in [1.54, 1.807) is 31.2 Å². The molecular formula is C13H12Br2N2O3S. The SMILES string of the molecule is CCOc1ccc(Br)cc1S(=O)(=O)Nc1ccc(Br)nc1. The first-order valence-corrected chi connectivity index (χ1v) is 9.06. The van der Waals surface area contributed by atoms with Gasteiger partial charge in [-0.2, -0.15) is 0 Å². The first kappa shape index (κ1) is 16.3. The van der Waals surface area contributed by atoms with Crippen LogP contribution < -0.4 is 9.46 Å². The van der Waals surface area contributed by atoms with E-state index in [2.05, 4.69) is 41.6 Å². The lowest BCUT2D eigenvalue weighted by molar-refractivity contribution is 0.331. The molecule has 1 heterocycles. The third-order valence-electron chi connectivity index (χ3n) is 2.47. The Kier molecular flexibility index (Phi) is 5.23. The molecule has 2 aromatic rings. The van der Waals surface area contributed by atoms with E-state index in [0.717, 1.165) is 0 Å². The molecule has 0 atom stereocenters. The quantitative estimate of drug-likeness (QED) is 0.725. The van der Waals surface area contributed by atoms with Crippen molar-refractivity contribution in [3.05, 3.63) is 45.6 Å². The molecule has 21 heavy (non-hydrogen) atoms. The van der Waals surface area contributed by atoms with Crippen LogP contribution >= 0.6 is 31.9 Å². The number of halogens is 2. The summed E-state index contributed by atoms with van der Waals surface area (Å²) in [5, 5.41) is 0. The van der Waals surface area contributed by atoms with Crippen LogP contribution in [-0.2, 0) is 10.0 Å². The minimum absolute atomic E-state index is 0.0710. The fraction of sp³-hybridized carbons (Fsp3) is 0.154. The Morgan fingerprint density at radius 3 is 2.62 bits per heavy atom. The number of ether oxygens (including phenoxy) is 1. The first-order valence-electron chi connectivity index (χ1n) is 5.99. The smallest absolute Gasteiger partial charge is 0.265 e. The molecule has 1 aromatic carbocycles. The first-order chi connectivity index (χ1) is 9.92. The number of hydrogen-bond acceptors (Lipinski definition) is 4. The molecule has 0 saturated carbocycles. The number of hydrogen-bond donors (Lipinski definition) is 1. The van der Waals surface area contributed by atoms with Gasteiger partial charge in [-0.05, 0) is 53.2 Å². The summed E-state index contributed by atoms with van der Waals surface area (Å²) in [6.07, 6.45) is 1.43. The van der Waals surface area contributed by atoms with Crippen molar-refractivity contribution >= 4 is 47.6 Å². The van der Waals surface area contributed by atoms with E-state index in [1.807, 2.05) is 0 Å². The highest BCUT2D eigenvalue weighted by molar-refractivity contribution is 9.10. The van der Waals surface area contributed by atoms with Crippen molar-refractivity contribution < 1.29 is 13.2 Å². The lowest BCUT2D eigenvalue weighted by atomic mass is 10.3. The Bertz CT molecular complexity index is 734. The number of anilines is 1. The molecule has 0 radical (unpaired) electrons. The highest BCUT2D eigenvalue weighted by Crippen LogP contribution is 2.29. The maximum absolute atomic E-state index is 12.5. The van der Waals surface area contributed by atoms with E-state index >= 15 is 0 Å². The average molecular weight is 436 g/mol. The van der Waals surface area contributed by atoms with E-state index in [4.69, 9.17) is 4.74 Å². The third kappa shape index (κ3) is 4.18. The molecule has 2 rings (SSSR count). The van der Waals surface area contributed by atoms with Crippen LogP contribution in [0.15, 0.2) is 50.5 Å². The minimum atomic E-state index is -3.76. The molecule has 112 valence electrons. The van der Waals surface area contributed by atoms with E-state index in [1.165, 1.54) is 12.3 Å². The fourth-order valence-electron chi connectivity index (χ4n) is 1.61. The molecule has 0 aliphatic heterocycles. The van der Waals surface area contributed by atoms with Crippen molar-refractivity contribution in [2.45, 2.75) is 11.8 Å². The van der Waals surface area contributed by atoms with Gasteiger partial charge in [-0.25, -0.2) is 13.4 Å². The zero-order valence-corrected chi connectivity index (χ0v) is 15.0. The number of nitrogens with zero attached hydrogens (tertiary/aromatic N) is 1. The normalized spacial score (nSPS) is 11.2. The van der Waals surface area contributed by atoms with Crippen molar-refractivity contribution in [2.75, 3.05) is 11.3 Å². The number of nitrogens with one attached hydrogen (secondary N) is 1. The van der Waals surface area contributed by atoms with Gasteiger partial charge in [0.15, 0.2) is 0 Å². The van der Waals surface area contributed by atoms with Crippen molar-refractivity contribution in [3.63, 3.8) is 0 Å². The van der Waals surface area contributed by atoms with Gasteiger partial charge in [0.25, 0.3) is 10.0 Å². The lowest BCUT2D eigenvalue weighted by Gasteiger charge is -2.12. The van der Waals surface area contributed by atoms with Gasteiger partial charge in [0.2, 0.25) is 0 Å². The van der Waals surface area contributed by atoms with Crippen molar-refractivity contribution in [1.82, 2.24) is 4.98 Å². The summed E-state index contributed by atoms with van der Waals surface area (Å²) in [5.74, 6) is 0.304. The Morgan fingerprint density at radius 1 is 1.24 bits per heavy atom. The second-order valence-electron chi connectivity index (χ2n) is 4.00. The highest BCUT2D eigenvalue weighted by atomic mass is 79.9. The molecule has 0 amide bonds. The van der Waals surface area contributed by atoms with Gasteiger partial charge in [0, 0.05) is 4.47 Å². The van der Waals surface area contributed by atoms with Crippen LogP contribution in [0, 0.1) is 0 Å². The molecule has 0 unspecified atom stereocenters. The zero-order chi connectivity index (χ0) is 15.5. The molecule has 1 N–H and O–H groups in total. The molecule has 5 nitrogen and oxygen atoms in total. The van der Waals surface area contributed by atoms with E-state index in [-0.39, 0.29) is 4.90 Å². The summed E-state index contributed by atoms with van der Waals surface area (Å²) < 4.78 is 34.1. The van der Waals surface area contributed by atoms with Crippen molar-refractivity contribution in [2.24, 2.45) is 0 Å². The standard InChI is InChI=1S/C13H12Br2N2O3S/c1-2-20-11-5-3-9(14)7-12(11)21(18,19)17-10-4-6-13(15)16-8-10/h3-8,17H,2H2,1H3. The van der Waals surface area contributed by atoms with Crippen LogP contribution in [0.4, 0.5) is 5.69 Å². The maximum atomic E-state index is 12.5. The summed E-state index contributed by atoms with van der Waals surface area (Å²) in [6, 6.07) is 8.11. The lowest BCUT2D eigenvalue weighted by Crippen LogP contribution is -2.14. The number of aromatic nitrogens is 1. The molecule has 0 fully saturated rings. The molecule has 0 saturated heterocycles. The van der Waals surface area contributed by atoms with Crippen LogP contribution in [-0.4, -0.2) is 20.0 Å². The molecular weight excluding hydrogens is 424 g/mol. The number of sulfonamides is 1. The van der Waals surface area contributed by atoms with Crippen molar-refractivity contribution in [3.8, 4) is 5.75 Å². The molecule has 8 heteroatoms. The maximum Gasteiger partial charge on any atom is 0.265 e. The summed E-state index contributed by atoms with van der Waals surface area (Å²) in [7, 11) is -3.76. The second-order valence-corrected chi connectivity index (χ2v) is 7.38. The monoisotopic (exact) mass is 434 g/mol. The zero-order valence-electron chi connectivity index (χ0n) is 11.0. The Balaban J connectivity index is 2.39. The van der Waals surface area contributed by atoms with Crippen molar-refractivity contribution in [1.29, 1.82) is 0 Å². The summed E-state index contributed by atoms with van der Waals surface area (Å²) in [4.78, 5) is 4.05. The van der Waals surface area contributed by atoms with E-state index < -0.39 is 10.0 Å². The Hall–Kier alpha value is -1.12. The second kappa shape index (κ2) is 6.76. The Morgan fingerprint density at radius 2 is 2.00 bits per heavy atom. The van der Waals surface area contributed by atoms with Crippen LogP contribution in [0.2, 0.25) is 0 Å². The van der Waals surface area contributed by atoms with Crippen LogP contribution in [0.1, 0.15) is 6.92 Å². The fourth-order valence-corrected chi connectivity index (χ4v) is 3.58. The van der Waals surface area contributed by atoms with Crippen LogP contribution in [0.25, 0.3) is 0 Å². The molecule has 0 aliphatic rings. The van der Waals surface area contributed by atoms with Gasteiger partial charge in [0.05, 0.1) is 18.5 Å². The predicted molar refractivity (Wildman–Crippen MR) is 88.1 cm³/mol. The summed E-state index contributed by atoms with van der Waals surface area (Å²) in [5.41, 5.74) is 0.376. The molecule has 0 bridgehead atoms. The van der Waals surface area contributed by atoms with Crippen LogP contribution in [0.3, 0.4) is 0 Å². The van der Waals surface area contributed by atoms with Gasteiger partial charge in [-0.3, -0.25) is 4.72 Å². The van der Waals surface area contributed by atoms with Gasteiger partial charge in [0.1, 0.15) is 15.2 Å². The number of pyridine rings is 1. The van der Waals surface area contributed by atoms with E-state index in [9.17, 15) is 8.42 Å².